The first-order valence-corrected chi connectivity index (χ1v) is 9.64. The standard InChI is InChI=1S/C20H26N2O2S/c1-5-12-24-20(23)21-19-11-8-17(13-15(19)2)22(3)14-16-6-9-18(25-4)10-7-16/h6-11,13H,5,12,14H2,1-4H3,(H,21,23). The number of amides is 1. The summed E-state index contributed by atoms with van der Waals surface area (Å²) in [7, 11) is 2.07. The molecule has 1 amide bonds. The number of carbonyl (C=O) groups is 1. The second-order valence-electron chi connectivity index (χ2n) is 5.96. The molecule has 5 heteroatoms. The summed E-state index contributed by atoms with van der Waals surface area (Å²) in [5, 5.41) is 2.79. The summed E-state index contributed by atoms with van der Waals surface area (Å²) in [6, 6.07) is 14.6. The zero-order chi connectivity index (χ0) is 18.2. The highest BCUT2D eigenvalue weighted by Gasteiger charge is 2.08. The van der Waals surface area contributed by atoms with Crippen LogP contribution in [0.15, 0.2) is 47.4 Å². The largest absolute Gasteiger partial charge is 0.449 e. The minimum atomic E-state index is -0.403. The van der Waals surface area contributed by atoms with Gasteiger partial charge in [-0.05, 0) is 61.1 Å². The Labute approximate surface area is 154 Å². The van der Waals surface area contributed by atoms with Crippen molar-refractivity contribution in [3.05, 3.63) is 53.6 Å². The fraction of sp³-hybridized carbons (Fsp3) is 0.350. The van der Waals surface area contributed by atoms with E-state index in [9.17, 15) is 4.79 Å². The lowest BCUT2D eigenvalue weighted by molar-refractivity contribution is 0.161. The van der Waals surface area contributed by atoms with Crippen LogP contribution in [0, 0.1) is 6.92 Å². The molecule has 0 saturated carbocycles. The molecule has 1 N–H and O–H groups in total. The Hall–Kier alpha value is -2.14. The van der Waals surface area contributed by atoms with Gasteiger partial charge in [0.2, 0.25) is 0 Å². The van der Waals surface area contributed by atoms with Gasteiger partial charge in [0.1, 0.15) is 0 Å². The first-order chi connectivity index (χ1) is 12.0. The van der Waals surface area contributed by atoms with E-state index < -0.39 is 6.09 Å². The summed E-state index contributed by atoms with van der Waals surface area (Å²) in [6.07, 6.45) is 2.49. The zero-order valence-electron chi connectivity index (χ0n) is 15.3. The highest BCUT2D eigenvalue weighted by molar-refractivity contribution is 7.98. The Morgan fingerprint density at radius 1 is 1.20 bits per heavy atom. The molecule has 0 bridgehead atoms. The first-order valence-electron chi connectivity index (χ1n) is 8.42. The lowest BCUT2D eigenvalue weighted by Gasteiger charge is -2.21. The number of carbonyl (C=O) groups excluding carboxylic acids is 1. The molecular formula is C20H26N2O2S. The maximum atomic E-state index is 11.7. The highest BCUT2D eigenvalue weighted by Crippen LogP contribution is 2.24. The van der Waals surface area contributed by atoms with Crippen LogP contribution in [0.25, 0.3) is 0 Å². The second-order valence-corrected chi connectivity index (χ2v) is 6.84. The molecular weight excluding hydrogens is 332 g/mol. The average molecular weight is 359 g/mol. The second kappa shape index (κ2) is 9.37. The van der Waals surface area contributed by atoms with Gasteiger partial charge in [-0.2, -0.15) is 0 Å². The fourth-order valence-electron chi connectivity index (χ4n) is 2.46. The van der Waals surface area contributed by atoms with Crippen LogP contribution in [0.3, 0.4) is 0 Å². The number of aryl methyl sites for hydroxylation is 1. The minimum Gasteiger partial charge on any atom is -0.449 e. The Kier molecular flexibility index (Phi) is 7.19. The molecule has 0 aromatic heterocycles. The van der Waals surface area contributed by atoms with Crippen molar-refractivity contribution in [1.29, 1.82) is 0 Å². The lowest BCUT2D eigenvalue weighted by atomic mass is 10.1. The van der Waals surface area contributed by atoms with Crippen LogP contribution in [0.2, 0.25) is 0 Å². The number of nitrogens with zero attached hydrogens (tertiary/aromatic N) is 1. The normalized spacial score (nSPS) is 10.4. The van der Waals surface area contributed by atoms with Gasteiger partial charge in [0.25, 0.3) is 0 Å². The quantitative estimate of drug-likeness (QED) is 0.681. The molecule has 0 aliphatic rings. The summed E-state index contributed by atoms with van der Waals surface area (Å²) < 4.78 is 5.06. The molecule has 0 aliphatic heterocycles. The van der Waals surface area contributed by atoms with Gasteiger partial charge in [-0.1, -0.05) is 19.1 Å². The van der Waals surface area contributed by atoms with Gasteiger partial charge < -0.3 is 9.64 Å². The lowest BCUT2D eigenvalue weighted by Crippen LogP contribution is -2.17. The van der Waals surface area contributed by atoms with Crippen molar-refractivity contribution in [3.63, 3.8) is 0 Å². The predicted octanol–water partition coefficient (Wildman–Crippen LogP) is 5.31. The molecule has 2 aromatic carbocycles. The van der Waals surface area contributed by atoms with Crippen molar-refractivity contribution in [2.45, 2.75) is 31.7 Å². The maximum Gasteiger partial charge on any atom is 0.411 e. The monoisotopic (exact) mass is 358 g/mol. The molecule has 2 rings (SSSR count). The van der Waals surface area contributed by atoms with Gasteiger partial charge in [-0.3, -0.25) is 5.32 Å². The van der Waals surface area contributed by atoms with Crippen molar-refractivity contribution in [2.75, 3.05) is 30.1 Å². The Morgan fingerprint density at radius 2 is 1.92 bits per heavy atom. The molecule has 0 heterocycles. The summed E-state index contributed by atoms with van der Waals surface area (Å²) in [4.78, 5) is 15.2. The third-order valence-electron chi connectivity index (χ3n) is 3.90. The molecule has 0 spiro atoms. The number of thioether (sulfide) groups is 1. The minimum absolute atomic E-state index is 0.403. The zero-order valence-corrected chi connectivity index (χ0v) is 16.2. The third-order valence-corrected chi connectivity index (χ3v) is 4.65. The number of hydrogen-bond acceptors (Lipinski definition) is 4. The van der Waals surface area contributed by atoms with Crippen LogP contribution in [0.5, 0.6) is 0 Å². The van der Waals surface area contributed by atoms with E-state index in [-0.39, 0.29) is 0 Å². The molecule has 0 fully saturated rings. The molecule has 2 aromatic rings. The molecule has 0 radical (unpaired) electrons. The van der Waals surface area contributed by atoms with Crippen molar-refractivity contribution < 1.29 is 9.53 Å². The van der Waals surface area contributed by atoms with Crippen LogP contribution in [0.4, 0.5) is 16.2 Å². The van der Waals surface area contributed by atoms with Crippen molar-refractivity contribution >= 4 is 29.2 Å². The molecule has 0 aliphatic carbocycles. The van der Waals surface area contributed by atoms with Crippen LogP contribution in [-0.4, -0.2) is 26.0 Å². The number of rotatable bonds is 7. The van der Waals surface area contributed by atoms with E-state index in [0.717, 1.165) is 29.9 Å². The van der Waals surface area contributed by atoms with E-state index in [1.165, 1.54) is 10.5 Å². The van der Waals surface area contributed by atoms with E-state index in [0.29, 0.717) is 6.61 Å². The van der Waals surface area contributed by atoms with Crippen molar-refractivity contribution in [1.82, 2.24) is 0 Å². The van der Waals surface area contributed by atoms with Crippen molar-refractivity contribution in [2.24, 2.45) is 0 Å². The van der Waals surface area contributed by atoms with Crippen LogP contribution < -0.4 is 10.2 Å². The Bertz CT molecular complexity index is 701. The first kappa shape index (κ1) is 19.2. The summed E-state index contributed by atoms with van der Waals surface area (Å²) >= 11 is 1.75. The molecule has 4 nitrogen and oxygen atoms in total. The SMILES string of the molecule is CCCOC(=O)Nc1ccc(N(C)Cc2ccc(SC)cc2)cc1C. The van der Waals surface area contributed by atoms with E-state index in [4.69, 9.17) is 4.74 Å². The average Bonchev–Trinajstić information content (AvgIpc) is 2.62. The van der Waals surface area contributed by atoms with Crippen LogP contribution >= 0.6 is 11.8 Å². The number of anilines is 2. The van der Waals surface area contributed by atoms with Gasteiger partial charge in [0.05, 0.1) is 6.61 Å². The maximum absolute atomic E-state index is 11.7. The van der Waals surface area contributed by atoms with Gasteiger partial charge in [0, 0.05) is 29.9 Å². The van der Waals surface area contributed by atoms with E-state index >= 15 is 0 Å². The smallest absolute Gasteiger partial charge is 0.411 e. The van der Waals surface area contributed by atoms with Gasteiger partial charge in [-0.15, -0.1) is 11.8 Å². The van der Waals surface area contributed by atoms with Gasteiger partial charge in [-0.25, -0.2) is 4.79 Å². The van der Waals surface area contributed by atoms with E-state index in [1.54, 1.807) is 11.8 Å². The van der Waals surface area contributed by atoms with Crippen LogP contribution in [-0.2, 0) is 11.3 Å². The van der Waals surface area contributed by atoms with Crippen LogP contribution in [0.1, 0.15) is 24.5 Å². The Balaban J connectivity index is 2.01. The van der Waals surface area contributed by atoms with Crippen molar-refractivity contribution in [3.8, 4) is 0 Å². The number of ether oxygens (including phenoxy) is 1. The fourth-order valence-corrected chi connectivity index (χ4v) is 2.87. The topological polar surface area (TPSA) is 41.6 Å². The summed E-state index contributed by atoms with van der Waals surface area (Å²) in [6.45, 7) is 5.22. The molecule has 25 heavy (non-hydrogen) atoms. The van der Waals surface area contributed by atoms with Gasteiger partial charge in [0.15, 0.2) is 0 Å². The van der Waals surface area contributed by atoms with E-state index in [2.05, 4.69) is 53.9 Å². The summed E-state index contributed by atoms with van der Waals surface area (Å²) in [5.74, 6) is 0. The number of benzene rings is 2. The molecule has 134 valence electrons. The Morgan fingerprint density at radius 3 is 2.52 bits per heavy atom. The predicted molar refractivity (Wildman–Crippen MR) is 107 cm³/mol. The number of nitrogens with one attached hydrogen (secondary N) is 1. The van der Waals surface area contributed by atoms with Gasteiger partial charge >= 0.3 is 6.09 Å². The summed E-state index contributed by atoms with van der Waals surface area (Å²) in [5.41, 5.74) is 4.17. The number of hydrogen-bond donors (Lipinski definition) is 1. The molecule has 0 atom stereocenters. The highest BCUT2D eigenvalue weighted by atomic mass is 32.2. The molecule has 0 saturated heterocycles. The third kappa shape index (κ3) is 5.71. The van der Waals surface area contributed by atoms with E-state index in [1.807, 2.05) is 26.0 Å². The molecule has 0 unspecified atom stereocenters.